The fourth-order valence-electron chi connectivity index (χ4n) is 0.548. The van der Waals surface area contributed by atoms with Crippen LogP contribution < -0.4 is 5.73 Å². The number of carbonyl (C=O) groups is 1. The first-order valence-electron chi connectivity index (χ1n) is 3.41. The van der Waals surface area contributed by atoms with Crippen LogP contribution in [0.4, 0.5) is 13.2 Å². The Morgan fingerprint density at radius 3 is 2.42 bits per heavy atom. The Morgan fingerprint density at radius 2 is 2.08 bits per heavy atom. The molecule has 0 bridgehead atoms. The zero-order valence-corrected chi connectivity index (χ0v) is 6.52. The van der Waals surface area contributed by atoms with E-state index in [9.17, 15) is 18.0 Å². The predicted molar refractivity (Wildman–Crippen MR) is 35.0 cm³/mol. The molecule has 0 aliphatic heterocycles. The molecule has 0 fully saturated rings. The number of hydrogen-bond donors (Lipinski definition) is 1. The van der Waals surface area contributed by atoms with Crippen LogP contribution >= 0.6 is 0 Å². The Labute approximate surface area is 67.7 Å². The maximum absolute atomic E-state index is 11.5. The van der Waals surface area contributed by atoms with Gasteiger partial charge in [-0.05, 0) is 6.42 Å². The van der Waals surface area contributed by atoms with Crippen LogP contribution in [0.2, 0.25) is 0 Å². The summed E-state index contributed by atoms with van der Waals surface area (Å²) in [5.74, 6) is -2.23. The normalized spacial score (nSPS) is 14.1. The molecule has 1 unspecified atom stereocenters. The van der Waals surface area contributed by atoms with E-state index < -0.39 is 18.4 Å². The summed E-state index contributed by atoms with van der Waals surface area (Å²) in [4.78, 5) is 10.1. The molecule has 1 atom stereocenters. The van der Waals surface area contributed by atoms with Gasteiger partial charge in [-0.3, -0.25) is 5.73 Å². The van der Waals surface area contributed by atoms with Crippen LogP contribution in [0.5, 0.6) is 0 Å². The Hall–Kier alpha value is -0.780. The molecule has 0 saturated carbocycles. The van der Waals surface area contributed by atoms with Gasteiger partial charge in [0, 0.05) is 0 Å². The van der Waals surface area contributed by atoms with Crippen LogP contribution in [-0.4, -0.2) is 18.4 Å². The van der Waals surface area contributed by atoms with Gasteiger partial charge in [-0.1, -0.05) is 13.3 Å². The fourth-order valence-corrected chi connectivity index (χ4v) is 0.548. The van der Waals surface area contributed by atoms with Crippen LogP contribution in [0, 0.1) is 0 Å². The second-order valence-electron chi connectivity index (χ2n) is 2.23. The zero-order valence-electron chi connectivity index (χ0n) is 6.52. The van der Waals surface area contributed by atoms with Gasteiger partial charge in [-0.15, -0.1) is 0 Å². The average molecular weight is 185 g/mol. The second-order valence-corrected chi connectivity index (χ2v) is 2.23. The molecule has 0 aromatic carbocycles. The quantitative estimate of drug-likeness (QED) is 0.530. The zero-order chi connectivity index (χ0) is 9.78. The van der Waals surface area contributed by atoms with Gasteiger partial charge in [0.1, 0.15) is 0 Å². The van der Waals surface area contributed by atoms with Crippen LogP contribution in [0.25, 0.3) is 0 Å². The molecule has 0 aliphatic rings. The van der Waals surface area contributed by atoms with E-state index in [1.54, 1.807) is 6.92 Å². The lowest BCUT2D eigenvalue weighted by molar-refractivity contribution is -0.204. The molecule has 0 amide bonds. The molecule has 72 valence electrons. The number of ether oxygens (including phenoxy) is 1. The van der Waals surface area contributed by atoms with Gasteiger partial charge in [0.15, 0.2) is 6.23 Å². The maximum Gasteiger partial charge on any atom is 0.490 e. The lowest BCUT2D eigenvalue weighted by atomic mass is 10.3. The van der Waals surface area contributed by atoms with Gasteiger partial charge < -0.3 is 4.74 Å². The van der Waals surface area contributed by atoms with Crippen molar-refractivity contribution in [1.29, 1.82) is 0 Å². The van der Waals surface area contributed by atoms with Crippen molar-refractivity contribution in [2.45, 2.75) is 32.2 Å². The summed E-state index contributed by atoms with van der Waals surface area (Å²) in [6, 6.07) is 0. The number of carbonyl (C=O) groups excluding carboxylic acids is 1. The van der Waals surface area contributed by atoms with Crippen molar-refractivity contribution >= 4 is 5.97 Å². The number of rotatable bonds is 3. The molecule has 2 N–H and O–H groups in total. The van der Waals surface area contributed by atoms with E-state index in [1.165, 1.54) is 0 Å². The third-order valence-electron chi connectivity index (χ3n) is 1.06. The predicted octanol–water partition coefficient (Wildman–Crippen LogP) is 1.18. The number of alkyl halides is 3. The third-order valence-corrected chi connectivity index (χ3v) is 1.06. The minimum Gasteiger partial charge on any atom is -0.440 e. The van der Waals surface area contributed by atoms with E-state index in [1.807, 2.05) is 0 Å². The van der Waals surface area contributed by atoms with Crippen LogP contribution in [0.3, 0.4) is 0 Å². The lowest BCUT2D eigenvalue weighted by Crippen LogP contribution is -2.34. The number of hydrogen-bond acceptors (Lipinski definition) is 3. The summed E-state index contributed by atoms with van der Waals surface area (Å²) in [6.45, 7) is 1.72. The molecular weight excluding hydrogens is 175 g/mol. The van der Waals surface area contributed by atoms with Gasteiger partial charge in [-0.25, -0.2) is 4.79 Å². The number of halogens is 3. The first kappa shape index (κ1) is 11.2. The molecule has 3 nitrogen and oxygen atoms in total. The van der Waals surface area contributed by atoms with Crippen molar-refractivity contribution in [1.82, 2.24) is 0 Å². The Morgan fingerprint density at radius 1 is 1.58 bits per heavy atom. The Bertz CT molecular complexity index is 157. The van der Waals surface area contributed by atoms with E-state index in [-0.39, 0.29) is 6.42 Å². The smallest absolute Gasteiger partial charge is 0.440 e. The number of nitrogens with two attached hydrogens (primary N) is 1. The van der Waals surface area contributed by atoms with Crippen molar-refractivity contribution in [3.05, 3.63) is 0 Å². The van der Waals surface area contributed by atoms with E-state index in [0.717, 1.165) is 0 Å². The summed E-state index contributed by atoms with van der Waals surface area (Å²) in [7, 11) is 0. The first-order valence-corrected chi connectivity index (χ1v) is 3.41. The highest BCUT2D eigenvalue weighted by molar-refractivity contribution is 5.75. The maximum atomic E-state index is 11.5. The largest absolute Gasteiger partial charge is 0.490 e. The molecule has 0 aromatic rings. The van der Waals surface area contributed by atoms with E-state index in [4.69, 9.17) is 5.73 Å². The van der Waals surface area contributed by atoms with Gasteiger partial charge in [0.25, 0.3) is 0 Å². The molecule has 0 rings (SSSR count). The van der Waals surface area contributed by atoms with Crippen molar-refractivity contribution in [2.75, 3.05) is 0 Å². The van der Waals surface area contributed by atoms with E-state index in [0.29, 0.717) is 6.42 Å². The SMILES string of the molecule is CCCC(N)OC(=O)C(F)(F)F. The van der Waals surface area contributed by atoms with Crippen molar-refractivity contribution in [2.24, 2.45) is 5.73 Å². The topological polar surface area (TPSA) is 52.3 Å². The minimum absolute atomic E-state index is 0.224. The molecule has 0 radical (unpaired) electrons. The Balaban J connectivity index is 3.85. The molecule has 6 heteroatoms. The van der Waals surface area contributed by atoms with E-state index in [2.05, 4.69) is 4.74 Å². The fraction of sp³-hybridized carbons (Fsp3) is 0.833. The van der Waals surface area contributed by atoms with Gasteiger partial charge in [-0.2, -0.15) is 13.2 Å². The molecule has 0 saturated heterocycles. The van der Waals surface area contributed by atoms with E-state index >= 15 is 0 Å². The first-order chi connectivity index (χ1) is 5.38. The molecular formula is C6H10F3NO2. The van der Waals surface area contributed by atoms with Crippen molar-refractivity contribution < 1.29 is 22.7 Å². The van der Waals surface area contributed by atoms with Crippen LogP contribution in [-0.2, 0) is 9.53 Å². The minimum atomic E-state index is -4.95. The van der Waals surface area contributed by atoms with Gasteiger partial charge >= 0.3 is 12.1 Å². The Kier molecular flexibility index (Phi) is 4.02. The molecule has 0 heterocycles. The summed E-state index contributed by atoms with van der Waals surface area (Å²) in [6.07, 6.45) is -5.33. The highest BCUT2D eigenvalue weighted by Gasteiger charge is 2.41. The summed E-state index contributed by atoms with van der Waals surface area (Å²) < 4.78 is 38.4. The van der Waals surface area contributed by atoms with Crippen LogP contribution in [0.1, 0.15) is 19.8 Å². The highest BCUT2D eigenvalue weighted by Crippen LogP contribution is 2.17. The van der Waals surface area contributed by atoms with Crippen molar-refractivity contribution in [3.63, 3.8) is 0 Å². The lowest BCUT2D eigenvalue weighted by Gasteiger charge is -2.12. The number of esters is 1. The standard InChI is InChI=1S/C6H10F3NO2/c1-2-3-4(10)12-5(11)6(7,8)9/h4H,2-3,10H2,1H3. The third kappa shape index (κ3) is 4.17. The van der Waals surface area contributed by atoms with Crippen molar-refractivity contribution in [3.8, 4) is 0 Å². The molecule has 12 heavy (non-hydrogen) atoms. The second kappa shape index (κ2) is 4.30. The van der Waals surface area contributed by atoms with Gasteiger partial charge in [0.2, 0.25) is 0 Å². The monoisotopic (exact) mass is 185 g/mol. The average Bonchev–Trinajstić information content (AvgIpc) is 1.85. The molecule has 0 aromatic heterocycles. The molecule has 0 aliphatic carbocycles. The highest BCUT2D eigenvalue weighted by atomic mass is 19.4. The van der Waals surface area contributed by atoms with Gasteiger partial charge in [0.05, 0.1) is 0 Å². The summed E-state index contributed by atoms with van der Waals surface area (Å²) >= 11 is 0. The summed E-state index contributed by atoms with van der Waals surface area (Å²) in [5.41, 5.74) is 5.04. The molecule has 0 spiro atoms. The van der Waals surface area contributed by atoms with Crippen LogP contribution in [0.15, 0.2) is 0 Å². The summed E-state index contributed by atoms with van der Waals surface area (Å²) in [5, 5.41) is 0.